The largest absolute Gasteiger partial charge is 0.494 e. The minimum atomic E-state index is -1.14. The highest BCUT2D eigenvalue weighted by Crippen LogP contribution is 2.37. The molecular formula is C21H25NO6. The Morgan fingerprint density at radius 2 is 1.71 bits per heavy atom. The first-order valence-electron chi connectivity index (χ1n) is 8.89. The summed E-state index contributed by atoms with van der Waals surface area (Å²) < 4.78 is 16.1. The third kappa shape index (κ3) is 5.39. The Balaban J connectivity index is 2.17. The molecule has 0 heterocycles. The number of carboxylic acid groups (broad SMARTS) is 1. The number of aromatic carboxylic acids is 1. The van der Waals surface area contributed by atoms with Crippen molar-refractivity contribution in [1.29, 1.82) is 0 Å². The van der Waals surface area contributed by atoms with Crippen molar-refractivity contribution < 1.29 is 28.9 Å². The van der Waals surface area contributed by atoms with Gasteiger partial charge < -0.3 is 24.6 Å². The molecule has 150 valence electrons. The average Bonchev–Trinajstić information content (AvgIpc) is 2.67. The van der Waals surface area contributed by atoms with Gasteiger partial charge in [0, 0.05) is 5.56 Å². The van der Waals surface area contributed by atoms with Gasteiger partial charge in [-0.25, -0.2) is 4.79 Å². The van der Waals surface area contributed by atoms with Crippen LogP contribution in [-0.4, -0.2) is 37.8 Å². The summed E-state index contributed by atoms with van der Waals surface area (Å²) in [6.07, 6.45) is 0.948. The molecule has 2 aromatic rings. The van der Waals surface area contributed by atoms with Crippen LogP contribution in [0.2, 0.25) is 0 Å². The Kier molecular flexibility index (Phi) is 7.26. The number of amides is 1. The lowest BCUT2D eigenvalue weighted by Gasteiger charge is -2.15. The number of benzene rings is 2. The SMILES string of the molecule is COc1cc(C(=O)O)cc(NC(=O)c2ccc(OCCC(C)C)cc2)c1OC. The van der Waals surface area contributed by atoms with Gasteiger partial charge in [-0.1, -0.05) is 13.8 Å². The molecule has 0 saturated carbocycles. The normalized spacial score (nSPS) is 10.5. The van der Waals surface area contributed by atoms with E-state index in [0.717, 1.165) is 6.42 Å². The second kappa shape index (κ2) is 9.64. The monoisotopic (exact) mass is 387 g/mol. The van der Waals surface area contributed by atoms with E-state index in [1.807, 2.05) is 0 Å². The van der Waals surface area contributed by atoms with Crippen molar-refractivity contribution in [3.8, 4) is 17.2 Å². The van der Waals surface area contributed by atoms with Crippen molar-refractivity contribution >= 4 is 17.6 Å². The summed E-state index contributed by atoms with van der Waals surface area (Å²) in [6.45, 7) is 4.86. The first-order valence-corrected chi connectivity index (χ1v) is 8.89. The second-order valence-corrected chi connectivity index (χ2v) is 6.57. The van der Waals surface area contributed by atoms with Crippen LogP contribution in [-0.2, 0) is 0 Å². The number of hydrogen-bond donors (Lipinski definition) is 2. The number of nitrogens with one attached hydrogen (secondary N) is 1. The van der Waals surface area contributed by atoms with Gasteiger partial charge in [0.2, 0.25) is 0 Å². The summed E-state index contributed by atoms with van der Waals surface area (Å²) in [5.74, 6) is 0.153. The van der Waals surface area contributed by atoms with Crippen molar-refractivity contribution in [3.05, 3.63) is 47.5 Å². The van der Waals surface area contributed by atoms with Crippen LogP contribution in [0.25, 0.3) is 0 Å². The van der Waals surface area contributed by atoms with Gasteiger partial charge in [-0.05, 0) is 48.7 Å². The maximum atomic E-state index is 12.6. The number of methoxy groups -OCH3 is 2. The van der Waals surface area contributed by atoms with Crippen LogP contribution in [0.3, 0.4) is 0 Å². The van der Waals surface area contributed by atoms with E-state index in [1.54, 1.807) is 24.3 Å². The molecule has 0 spiro atoms. The molecule has 2 rings (SSSR count). The lowest BCUT2D eigenvalue weighted by atomic mass is 10.1. The molecule has 0 radical (unpaired) electrons. The Bertz CT molecular complexity index is 830. The fourth-order valence-corrected chi connectivity index (χ4v) is 2.49. The lowest BCUT2D eigenvalue weighted by Crippen LogP contribution is -2.14. The summed E-state index contributed by atoms with van der Waals surface area (Å²) in [7, 11) is 2.81. The summed E-state index contributed by atoms with van der Waals surface area (Å²) in [5, 5.41) is 11.9. The first kappa shape index (κ1) is 21.1. The summed E-state index contributed by atoms with van der Waals surface area (Å²) in [6, 6.07) is 9.39. The molecular weight excluding hydrogens is 362 g/mol. The molecule has 0 bridgehead atoms. The van der Waals surface area contributed by atoms with E-state index in [-0.39, 0.29) is 22.7 Å². The molecule has 0 aromatic heterocycles. The number of carboxylic acids is 1. The number of anilines is 1. The highest BCUT2D eigenvalue weighted by Gasteiger charge is 2.18. The Morgan fingerprint density at radius 1 is 1.04 bits per heavy atom. The van der Waals surface area contributed by atoms with Crippen LogP contribution in [0.1, 0.15) is 41.0 Å². The summed E-state index contributed by atoms with van der Waals surface area (Å²) in [5.41, 5.74) is 0.585. The zero-order chi connectivity index (χ0) is 20.7. The van der Waals surface area contributed by atoms with Crippen molar-refractivity contribution in [2.75, 3.05) is 26.1 Å². The Morgan fingerprint density at radius 3 is 2.25 bits per heavy atom. The predicted octanol–water partition coefficient (Wildman–Crippen LogP) is 4.08. The van der Waals surface area contributed by atoms with E-state index in [1.165, 1.54) is 26.4 Å². The van der Waals surface area contributed by atoms with Crippen molar-refractivity contribution in [3.63, 3.8) is 0 Å². The van der Waals surface area contributed by atoms with Gasteiger partial charge in [-0.3, -0.25) is 4.79 Å². The van der Waals surface area contributed by atoms with Crippen LogP contribution >= 0.6 is 0 Å². The molecule has 7 nitrogen and oxygen atoms in total. The van der Waals surface area contributed by atoms with Crippen LogP contribution in [0, 0.1) is 5.92 Å². The highest BCUT2D eigenvalue weighted by molar-refractivity contribution is 6.06. The third-order valence-corrected chi connectivity index (χ3v) is 4.05. The standard InChI is InChI=1S/C21H25NO6/c1-13(2)9-10-28-16-7-5-14(6-8-16)20(23)22-17-11-15(21(24)25)12-18(26-3)19(17)27-4/h5-8,11-13H,9-10H2,1-4H3,(H,22,23)(H,24,25). The van der Waals surface area contributed by atoms with E-state index in [9.17, 15) is 14.7 Å². The van der Waals surface area contributed by atoms with Crippen molar-refractivity contribution in [1.82, 2.24) is 0 Å². The fourth-order valence-electron chi connectivity index (χ4n) is 2.49. The number of carbonyl (C=O) groups is 2. The molecule has 2 aromatic carbocycles. The fraction of sp³-hybridized carbons (Fsp3) is 0.333. The predicted molar refractivity (Wildman–Crippen MR) is 106 cm³/mol. The summed E-state index contributed by atoms with van der Waals surface area (Å²) >= 11 is 0. The minimum Gasteiger partial charge on any atom is -0.494 e. The first-order chi connectivity index (χ1) is 13.3. The average molecular weight is 387 g/mol. The molecule has 0 aliphatic rings. The molecule has 0 aliphatic carbocycles. The molecule has 0 aliphatic heterocycles. The molecule has 0 fully saturated rings. The van der Waals surface area contributed by atoms with E-state index in [4.69, 9.17) is 14.2 Å². The van der Waals surface area contributed by atoms with Crippen molar-refractivity contribution in [2.24, 2.45) is 5.92 Å². The third-order valence-electron chi connectivity index (χ3n) is 4.05. The quantitative estimate of drug-likeness (QED) is 0.673. The number of rotatable bonds is 9. The van der Waals surface area contributed by atoms with Crippen LogP contribution < -0.4 is 19.5 Å². The summed E-state index contributed by atoms with van der Waals surface area (Å²) in [4.78, 5) is 23.9. The van der Waals surface area contributed by atoms with Gasteiger partial charge in [0.1, 0.15) is 5.75 Å². The van der Waals surface area contributed by atoms with E-state index >= 15 is 0 Å². The zero-order valence-electron chi connectivity index (χ0n) is 16.4. The molecule has 0 atom stereocenters. The molecule has 1 amide bonds. The number of ether oxygens (including phenoxy) is 3. The Hall–Kier alpha value is -3.22. The molecule has 0 unspecified atom stereocenters. The van der Waals surface area contributed by atoms with Crippen molar-refractivity contribution in [2.45, 2.75) is 20.3 Å². The number of carbonyl (C=O) groups excluding carboxylic acids is 1. The van der Waals surface area contributed by atoms with Gasteiger partial charge in [0.25, 0.3) is 5.91 Å². The van der Waals surface area contributed by atoms with Gasteiger partial charge >= 0.3 is 5.97 Å². The van der Waals surface area contributed by atoms with Gasteiger partial charge in [-0.2, -0.15) is 0 Å². The van der Waals surface area contributed by atoms with Crippen LogP contribution in [0.15, 0.2) is 36.4 Å². The molecule has 0 saturated heterocycles. The molecule has 7 heteroatoms. The Labute approximate surface area is 164 Å². The van der Waals surface area contributed by atoms with Gasteiger partial charge in [-0.15, -0.1) is 0 Å². The molecule has 28 heavy (non-hydrogen) atoms. The van der Waals surface area contributed by atoms with E-state index < -0.39 is 11.9 Å². The number of hydrogen-bond acceptors (Lipinski definition) is 5. The van der Waals surface area contributed by atoms with Gasteiger partial charge in [0.15, 0.2) is 11.5 Å². The topological polar surface area (TPSA) is 94.1 Å². The highest BCUT2D eigenvalue weighted by atomic mass is 16.5. The van der Waals surface area contributed by atoms with Gasteiger partial charge in [0.05, 0.1) is 32.1 Å². The maximum Gasteiger partial charge on any atom is 0.335 e. The lowest BCUT2D eigenvalue weighted by molar-refractivity contribution is 0.0696. The van der Waals surface area contributed by atoms with E-state index in [0.29, 0.717) is 23.8 Å². The van der Waals surface area contributed by atoms with Crippen LogP contribution in [0.5, 0.6) is 17.2 Å². The van der Waals surface area contributed by atoms with Crippen LogP contribution in [0.4, 0.5) is 5.69 Å². The molecule has 2 N–H and O–H groups in total. The minimum absolute atomic E-state index is 0.0261. The van der Waals surface area contributed by atoms with E-state index in [2.05, 4.69) is 19.2 Å². The second-order valence-electron chi connectivity index (χ2n) is 6.57. The smallest absolute Gasteiger partial charge is 0.335 e. The zero-order valence-corrected chi connectivity index (χ0v) is 16.4. The maximum absolute atomic E-state index is 12.6.